The summed E-state index contributed by atoms with van der Waals surface area (Å²) in [6.45, 7) is 0. The second-order valence-electron chi connectivity index (χ2n) is 3.78. The summed E-state index contributed by atoms with van der Waals surface area (Å²) in [5.74, 6) is 0. The average molecular weight is 323 g/mol. The molecular formula is C14H9BrClNO. The molecule has 0 saturated carbocycles. The number of hydrogen-bond donors (Lipinski definition) is 0. The lowest BCUT2D eigenvalue weighted by Gasteiger charge is -2.05. The first kappa shape index (κ1) is 13.0. The zero-order valence-corrected chi connectivity index (χ0v) is 11.7. The molecule has 90 valence electrons. The van der Waals surface area contributed by atoms with Crippen LogP contribution in [0.25, 0.3) is 0 Å². The molecule has 2 rings (SSSR count). The summed E-state index contributed by atoms with van der Waals surface area (Å²) in [7, 11) is 0. The summed E-state index contributed by atoms with van der Waals surface area (Å²) in [5.41, 5.74) is 2.77. The van der Waals surface area contributed by atoms with Crippen molar-refractivity contribution in [3.05, 3.63) is 63.1 Å². The first-order valence-corrected chi connectivity index (χ1v) is 6.47. The lowest BCUT2D eigenvalue weighted by Crippen LogP contribution is -1.89. The number of rotatable bonds is 3. The van der Waals surface area contributed by atoms with Gasteiger partial charge in [-0.2, -0.15) is 4.99 Å². The van der Waals surface area contributed by atoms with Crippen LogP contribution in [0.3, 0.4) is 0 Å². The SMILES string of the molecule is O=C=Nc1ccc(Cc2cc(Br)ccc2Cl)cc1. The van der Waals surface area contributed by atoms with Crippen LogP contribution >= 0.6 is 27.5 Å². The summed E-state index contributed by atoms with van der Waals surface area (Å²) in [4.78, 5) is 13.7. The largest absolute Gasteiger partial charge is 0.240 e. The quantitative estimate of drug-likeness (QED) is 0.597. The molecule has 18 heavy (non-hydrogen) atoms. The molecule has 0 saturated heterocycles. The Balaban J connectivity index is 2.23. The van der Waals surface area contributed by atoms with Gasteiger partial charge in [-0.1, -0.05) is 39.7 Å². The average Bonchev–Trinajstić information content (AvgIpc) is 2.37. The lowest BCUT2D eigenvalue weighted by atomic mass is 10.0. The Labute approximate surface area is 118 Å². The van der Waals surface area contributed by atoms with Gasteiger partial charge in [-0.15, -0.1) is 0 Å². The van der Waals surface area contributed by atoms with Gasteiger partial charge in [0.2, 0.25) is 6.08 Å². The molecule has 0 aliphatic heterocycles. The molecular weight excluding hydrogens is 314 g/mol. The van der Waals surface area contributed by atoms with E-state index >= 15 is 0 Å². The first-order valence-electron chi connectivity index (χ1n) is 5.30. The fraction of sp³-hybridized carbons (Fsp3) is 0.0714. The normalized spacial score (nSPS) is 9.89. The third kappa shape index (κ3) is 3.30. The van der Waals surface area contributed by atoms with Crippen molar-refractivity contribution in [2.24, 2.45) is 4.99 Å². The molecule has 0 N–H and O–H groups in total. The maximum absolute atomic E-state index is 10.1. The van der Waals surface area contributed by atoms with E-state index in [1.54, 1.807) is 12.1 Å². The van der Waals surface area contributed by atoms with Crippen molar-refractivity contribution < 1.29 is 4.79 Å². The third-order valence-electron chi connectivity index (χ3n) is 2.51. The Morgan fingerprint density at radius 3 is 2.56 bits per heavy atom. The predicted molar refractivity (Wildman–Crippen MR) is 76.2 cm³/mol. The minimum absolute atomic E-state index is 0.606. The second kappa shape index (κ2) is 5.96. The highest BCUT2D eigenvalue weighted by Gasteiger charge is 2.03. The molecule has 0 bridgehead atoms. The summed E-state index contributed by atoms with van der Waals surface area (Å²) in [6.07, 6.45) is 2.26. The number of benzene rings is 2. The van der Waals surface area contributed by atoms with E-state index in [1.165, 1.54) is 6.08 Å². The Morgan fingerprint density at radius 2 is 1.89 bits per heavy atom. The van der Waals surface area contributed by atoms with Crippen molar-refractivity contribution in [1.29, 1.82) is 0 Å². The molecule has 0 aromatic heterocycles. The smallest absolute Gasteiger partial charge is 0.211 e. The number of hydrogen-bond acceptors (Lipinski definition) is 2. The molecule has 0 aliphatic rings. The minimum Gasteiger partial charge on any atom is -0.211 e. The van der Waals surface area contributed by atoms with Crippen LogP contribution in [0.2, 0.25) is 5.02 Å². The first-order chi connectivity index (χ1) is 8.69. The minimum atomic E-state index is 0.606. The standard InChI is InChI=1S/C14H9BrClNO/c15-12-3-6-14(16)11(8-12)7-10-1-4-13(5-2-10)17-9-18/h1-6,8H,7H2. The molecule has 4 heteroatoms. The highest BCUT2D eigenvalue weighted by atomic mass is 79.9. The van der Waals surface area contributed by atoms with Crippen molar-refractivity contribution in [1.82, 2.24) is 0 Å². The van der Waals surface area contributed by atoms with E-state index in [2.05, 4.69) is 20.9 Å². The van der Waals surface area contributed by atoms with Gasteiger partial charge in [0.05, 0.1) is 5.69 Å². The van der Waals surface area contributed by atoms with Crippen LogP contribution < -0.4 is 0 Å². The van der Waals surface area contributed by atoms with Crippen molar-refractivity contribution in [2.45, 2.75) is 6.42 Å². The van der Waals surface area contributed by atoms with Crippen molar-refractivity contribution in [2.75, 3.05) is 0 Å². The lowest BCUT2D eigenvalue weighted by molar-refractivity contribution is 0.565. The Hall–Kier alpha value is -1.41. The van der Waals surface area contributed by atoms with Gasteiger partial charge in [0.25, 0.3) is 0 Å². The van der Waals surface area contributed by atoms with Gasteiger partial charge in [0.1, 0.15) is 0 Å². The number of carbonyl (C=O) groups excluding carboxylic acids is 1. The van der Waals surface area contributed by atoms with E-state index in [1.807, 2.05) is 30.3 Å². The fourth-order valence-electron chi connectivity index (χ4n) is 1.64. The van der Waals surface area contributed by atoms with E-state index in [0.717, 1.165) is 27.0 Å². The van der Waals surface area contributed by atoms with Crippen LogP contribution in [-0.2, 0) is 11.2 Å². The molecule has 2 aromatic rings. The van der Waals surface area contributed by atoms with Gasteiger partial charge < -0.3 is 0 Å². The van der Waals surface area contributed by atoms with Crippen LogP contribution in [0.15, 0.2) is 51.9 Å². The van der Waals surface area contributed by atoms with Crippen molar-refractivity contribution in [3.63, 3.8) is 0 Å². The van der Waals surface area contributed by atoms with Crippen LogP contribution in [0.1, 0.15) is 11.1 Å². The second-order valence-corrected chi connectivity index (χ2v) is 5.10. The summed E-state index contributed by atoms with van der Waals surface area (Å²) in [6, 6.07) is 13.2. The molecule has 0 radical (unpaired) electrons. The topological polar surface area (TPSA) is 29.4 Å². The van der Waals surface area contributed by atoms with Crippen LogP contribution in [0.5, 0.6) is 0 Å². The number of halogens is 2. The van der Waals surface area contributed by atoms with Gasteiger partial charge in [0, 0.05) is 9.50 Å². The highest BCUT2D eigenvalue weighted by Crippen LogP contribution is 2.24. The van der Waals surface area contributed by atoms with Crippen LogP contribution in [0, 0.1) is 0 Å². The highest BCUT2D eigenvalue weighted by molar-refractivity contribution is 9.10. The molecule has 0 atom stereocenters. The molecule has 0 aliphatic carbocycles. The van der Waals surface area contributed by atoms with Gasteiger partial charge in [-0.3, -0.25) is 0 Å². The summed E-state index contributed by atoms with van der Waals surface area (Å²) < 4.78 is 1.00. The molecule has 0 spiro atoms. The molecule has 0 amide bonds. The van der Waals surface area contributed by atoms with E-state index in [9.17, 15) is 4.79 Å². The van der Waals surface area contributed by atoms with Crippen LogP contribution in [-0.4, -0.2) is 6.08 Å². The van der Waals surface area contributed by atoms with Crippen molar-refractivity contribution >= 4 is 39.3 Å². The van der Waals surface area contributed by atoms with Gasteiger partial charge in [0.15, 0.2) is 0 Å². The van der Waals surface area contributed by atoms with E-state index < -0.39 is 0 Å². The maximum Gasteiger partial charge on any atom is 0.240 e. The Kier molecular flexibility index (Phi) is 4.32. The molecule has 2 nitrogen and oxygen atoms in total. The molecule has 0 fully saturated rings. The van der Waals surface area contributed by atoms with E-state index in [0.29, 0.717) is 5.69 Å². The number of isocyanates is 1. The molecule has 0 heterocycles. The maximum atomic E-state index is 10.1. The molecule has 2 aromatic carbocycles. The van der Waals surface area contributed by atoms with Crippen LogP contribution in [0.4, 0.5) is 5.69 Å². The number of aliphatic imine (C=N–C) groups is 1. The van der Waals surface area contributed by atoms with Gasteiger partial charge in [-0.25, -0.2) is 4.79 Å². The zero-order valence-electron chi connectivity index (χ0n) is 9.36. The number of nitrogens with zero attached hydrogens (tertiary/aromatic N) is 1. The summed E-state index contributed by atoms with van der Waals surface area (Å²) >= 11 is 9.56. The van der Waals surface area contributed by atoms with Crippen molar-refractivity contribution in [3.8, 4) is 0 Å². The zero-order chi connectivity index (χ0) is 13.0. The third-order valence-corrected chi connectivity index (χ3v) is 3.38. The van der Waals surface area contributed by atoms with Gasteiger partial charge >= 0.3 is 0 Å². The van der Waals surface area contributed by atoms with Gasteiger partial charge in [-0.05, 0) is 47.9 Å². The molecule has 0 unspecified atom stereocenters. The Bertz CT molecular complexity index is 604. The Morgan fingerprint density at radius 1 is 1.17 bits per heavy atom. The van der Waals surface area contributed by atoms with E-state index in [4.69, 9.17) is 11.6 Å². The van der Waals surface area contributed by atoms with E-state index in [-0.39, 0.29) is 0 Å². The monoisotopic (exact) mass is 321 g/mol. The fourth-order valence-corrected chi connectivity index (χ4v) is 2.23. The summed E-state index contributed by atoms with van der Waals surface area (Å²) in [5, 5.41) is 0.744. The predicted octanol–water partition coefficient (Wildman–Crippen LogP) is 4.66.